The lowest BCUT2D eigenvalue weighted by Gasteiger charge is -2.11. The number of primary amides is 1. The molecule has 2 rings (SSSR count). The highest BCUT2D eigenvalue weighted by molar-refractivity contribution is 5.99. The highest BCUT2D eigenvalue weighted by Crippen LogP contribution is 2.27. The van der Waals surface area contributed by atoms with Gasteiger partial charge in [0, 0.05) is 5.56 Å². The molecule has 0 fully saturated rings. The summed E-state index contributed by atoms with van der Waals surface area (Å²) >= 11 is 0. The number of benzene rings is 1. The van der Waals surface area contributed by atoms with E-state index in [-0.39, 0.29) is 23.7 Å². The maximum Gasteiger partial charge on any atom is 0.273 e. The number of carbonyl (C=O) groups is 3. The van der Waals surface area contributed by atoms with Crippen molar-refractivity contribution in [2.75, 3.05) is 13.7 Å². The van der Waals surface area contributed by atoms with Crippen LogP contribution >= 0.6 is 0 Å². The first-order valence-electron chi connectivity index (χ1n) is 7.16. The number of nitrogens with one attached hydrogen (secondary N) is 2. The molecule has 3 amide bonds. The third-order valence-electron chi connectivity index (χ3n) is 3.19. The molecular weight excluding hydrogens is 330 g/mol. The minimum Gasteiger partial charge on any atom is -0.493 e. The van der Waals surface area contributed by atoms with Crippen molar-refractivity contribution in [1.29, 1.82) is 0 Å². The van der Waals surface area contributed by atoms with Gasteiger partial charge in [0.25, 0.3) is 17.7 Å². The third-order valence-corrected chi connectivity index (χ3v) is 3.19. The van der Waals surface area contributed by atoms with Gasteiger partial charge in [-0.15, -0.1) is 0 Å². The van der Waals surface area contributed by atoms with Gasteiger partial charge in [-0.25, -0.2) is 0 Å². The molecule has 0 aliphatic rings. The molecule has 4 N–H and O–H groups in total. The molecule has 0 spiro atoms. The van der Waals surface area contributed by atoms with E-state index in [1.807, 2.05) is 0 Å². The zero-order valence-corrected chi connectivity index (χ0v) is 13.6. The lowest BCUT2D eigenvalue weighted by atomic mass is 10.2. The number of furan rings is 1. The van der Waals surface area contributed by atoms with E-state index in [1.165, 1.54) is 37.6 Å². The van der Waals surface area contributed by atoms with Crippen LogP contribution in [0.15, 0.2) is 34.9 Å². The highest BCUT2D eigenvalue weighted by atomic mass is 16.5. The lowest BCUT2D eigenvalue weighted by molar-refractivity contribution is -0.119. The smallest absolute Gasteiger partial charge is 0.273 e. The van der Waals surface area contributed by atoms with E-state index < -0.39 is 17.7 Å². The largest absolute Gasteiger partial charge is 0.493 e. The zero-order valence-electron chi connectivity index (χ0n) is 13.6. The van der Waals surface area contributed by atoms with Crippen LogP contribution in [0, 0.1) is 6.92 Å². The summed E-state index contributed by atoms with van der Waals surface area (Å²) < 4.78 is 15.3. The summed E-state index contributed by atoms with van der Waals surface area (Å²) in [6.07, 6.45) is 1.38. The van der Waals surface area contributed by atoms with Gasteiger partial charge in [-0.2, -0.15) is 0 Å². The number of aryl methyl sites for hydroxylation is 1. The van der Waals surface area contributed by atoms with Crippen molar-refractivity contribution in [3.8, 4) is 11.5 Å². The molecule has 0 saturated carbocycles. The molecule has 1 aromatic carbocycles. The van der Waals surface area contributed by atoms with E-state index in [0.717, 1.165) is 0 Å². The van der Waals surface area contributed by atoms with Crippen molar-refractivity contribution in [2.45, 2.75) is 6.92 Å². The molecule has 9 nitrogen and oxygen atoms in total. The Hall–Kier alpha value is -3.49. The van der Waals surface area contributed by atoms with Gasteiger partial charge in [-0.3, -0.25) is 25.2 Å². The fraction of sp³-hybridized carbons (Fsp3) is 0.188. The quantitative estimate of drug-likeness (QED) is 0.653. The summed E-state index contributed by atoms with van der Waals surface area (Å²) in [6, 6.07) is 5.80. The Morgan fingerprint density at radius 2 is 1.84 bits per heavy atom. The Morgan fingerprint density at radius 1 is 1.12 bits per heavy atom. The Morgan fingerprint density at radius 3 is 2.44 bits per heavy atom. The molecule has 0 atom stereocenters. The predicted octanol–water partition coefficient (Wildman–Crippen LogP) is 0.536. The Labute approximate surface area is 143 Å². The van der Waals surface area contributed by atoms with Crippen LogP contribution in [0.2, 0.25) is 0 Å². The van der Waals surface area contributed by atoms with Crippen LogP contribution in [-0.4, -0.2) is 31.4 Å². The Bertz CT molecular complexity index is 799. The Kier molecular flexibility index (Phi) is 5.62. The molecule has 9 heteroatoms. The average molecular weight is 347 g/mol. The second-order valence-electron chi connectivity index (χ2n) is 4.92. The van der Waals surface area contributed by atoms with Crippen molar-refractivity contribution in [2.24, 2.45) is 5.73 Å². The summed E-state index contributed by atoms with van der Waals surface area (Å²) in [5.41, 5.74) is 10.1. The van der Waals surface area contributed by atoms with E-state index in [1.54, 1.807) is 6.92 Å². The van der Waals surface area contributed by atoms with E-state index in [2.05, 4.69) is 10.9 Å². The normalized spacial score (nSPS) is 10.0. The van der Waals surface area contributed by atoms with Crippen LogP contribution < -0.4 is 26.1 Å². The first-order valence-corrected chi connectivity index (χ1v) is 7.16. The number of methoxy groups -OCH3 is 1. The van der Waals surface area contributed by atoms with Crippen LogP contribution in [0.5, 0.6) is 11.5 Å². The van der Waals surface area contributed by atoms with Gasteiger partial charge in [0.15, 0.2) is 18.1 Å². The van der Waals surface area contributed by atoms with Gasteiger partial charge in [0.1, 0.15) is 5.76 Å². The van der Waals surface area contributed by atoms with Gasteiger partial charge in [-0.05, 0) is 31.2 Å². The van der Waals surface area contributed by atoms with Crippen molar-refractivity contribution in [3.63, 3.8) is 0 Å². The van der Waals surface area contributed by atoms with Gasteiger partial charge in [0.05, 0.1) is 18.9 Å². The molecule has 0 unspecified atom stereocenters. The number of hydrogen-bond acceptors (Lipinski definition) is 6. The first-order chi connectivity index (χ1) is 11.9. The van der Waals surface area contributed by atoms with E-state index in [0.29, 0.717) is 11.3 Å². The summed E-state index contributed by atoms with van der Waals surface area (Å²) in [6.45, 7) is 1.31. The summed E-state index contributed by atoms with van der Waals surface area (Å²) in [5.74, 6) is -0.769. The van der Waals surface area contributed by atoms with Crippen LogP contribution in [0.4, 0.5) is 0 Å². The molecule has 132 valence electrons. The second kappa shape index (κ2) is 7.86. The van der Waals surface area contributed by atoms with Gasteiger partial charge < -0.3 is 19.6 Å². The van der Waals surface area contributed by atoms with Crippen molar-refractivity contribution in [1.82, 2.24) is 10.9 Å². The first kappa shape index (κ1) is 17.9. The molecule has 0 saturated heterocycles. The number of carbonyl (C=O) groups excluding carboxylic acids is 3. The molecule has 0 aliphatic heterocycles. The SMILES string of the molecule is COc1cc(C(=O)NNC(=O)c2ccoc2C)ccc1OCC(N)=O. The summed E-state index contributed by atoms with van der Waals surface area (Å²) in [4.78, 5) is 34.8. The van der Waals surface area contributed by atoms with Crippen molar-refractivity contribution >= 4 is 17.7 Å². The minimum absolute atomic E-state index is 0.215. The van der Waals surface area contributed by atoms with Crippen LogP contribution in [-0.2, 0) is 4.79 Å². The van der Waals surface area contributed by atoms with Crippen LogP contribution in [0.1, 0.15) is 26.5 Å². The molecule has 2 aromatic rings. The molecule has 25 heavy (non-hydrogen) atoms. The number of amides is 3. The molecule has 0 radical (unpaired) electrons. The highest BCUT2D eigenvalue weighted by Gasteiger charge is 2.15. The predicted molar refractivity (Wildman–Crippen MR) is 86.1 cm³/mol. The fourth-order valence-electron chi connectivity index (χ4n) is 1.95. The molecule has 1 heterocycles. The van der Waals surface area contributed by atoms with Crippen molar-refractivity contribution < 1.29 is 28.3 Å². The molecule has 0 bridgehead atoms. The topological polar surface area (TPSA) is 133 Å². The van der Waals surface area contributed by atoms with Crippen molar-refractivity contribution in [3.05, 3.63) is 47.4 Å². The number of hydrazine groups is 1. The minimum atomic E-state index is -0.638. The van der Waals surface area contributed by atoms with Crippen LogP contribution in [0.3, 0.4) is 0 Å². The summed E-state index contributed by atoms with van der Waals surface area (Å²) in [5, 5.41) is 0. The zero-order chi connectivity index (χ0) is 18.4. The van der Waals surface area contributed by atoms with E-state index in [4.69, 9.17) is 19.6 Å². The maximum atomic E-state index is 12.1. The van der Waals surface area contributed by atoms with Gasteiger partial charge >= 0.3 is 0 Å². The van der Waals surface area contributed by atoms with Gasteiger partial charge in [-0.1, -0.05) is 0 Å². The lowest BCUT2D eigenvalue weighted by Crippen LogP contribution is -2.41. The fourth-order valence-corrected chi connectivity index (χ4v) is 1.95. The van der Waals surface area contributed by atoms with E-state index >= 15 is 0 Å². The van der Waals surface area contributed by atoms with E-state index in [9.17, 15) is 14.4 Å². The maximum absolute atomic E-state index is 12.1. The number of ether oxygens (including phenoxy) is 2. The van der Waals surface area contributed by atoms with Gasteiger partial charge in [0.2, 0.25) is 0 Å². The second-order valence-corrected chi connectivity index (χ2v) is 4.92. The molecule has 0 aliphatic carbocycles. The number of rotatable bonds is 6. The summed E-state index contributed by atoms with van der Waals surface area (Å²) in [7, 11) is 1.39. The Balaban J connectivity index is 2.02. The monoisotopic (exact) mass is 347 g/mol. The number of nitrogens with two attached hydrogens (primary N) is 1. The number of hydrogen-bond donors (Lipinski definition) is 3. The standard InChI is InChI=1S/C16H17N3O6/c1-9-11(5-6-24-9)16(22)19-18-15(21)10-3-4-12(13(7-10)23-2)25-8-14(17)20/h3-7H,8H2,1-2H3,(H2,17,20)(H,18,21)(H,19,22). The average Bonchev–Trinajstić information content (AvgIpc) is 3.03. The molecular formula is C16H17N3O6. The third kappa shape index (κ3) is 4.50. The molecule has 1 aromatic heterocycles. The van der Waals surface area contributed by atoms with Crippen LogP contribution in [0.25, 0.3) is 0 Å².